The van der Waals surface area contributed by atoms with Crippen molar-refractivity contribution in [3.05, 3.63) is 65.7 Å². The van der Waals surface area contributed by atoms with Crippen LogP contribution in [0.2, 0.25) is 0 Å². The van der Waals surface area contributed by atoms with E-state index in [4.69, 9.17) is 0 Å². The number of aliphatic imine (C=N–C) groups is 1. The molecular weight excluding hydrogens is 499 g/mol. The van der Waals surface area contributed by atoms with Crippen molar-refractivity contribution in [2.24, 2.45) is 10.9 Å². The highest BCUT2D eigenvalue weighted by molar-refractivity contribution is 14.0. The molecule has 1 heterocycles. The first kappa shape index (κ1) is 23.5. The van der Waals surface area contributed by atoms with Crippen molar-refractivity contribution < 1.29 is 8.42 Å². The number of likely N-dealkylation sites (tertiary alicyclic amines) is 1. The third kappa shape index (κ3) is 7.18. The number of rotatable bonds is 6. The molecule has 2 N–H and O–H groups in total. The zero-order chi connectivity index (χ0) is 20.0. The molecule has 2 aromatic rings. The van der Waals surface area contributed by atoms with E-state index in [2.05, 4.69) is 44.2 Å². The second kappa shape index (κ2) is 10.8. The van der Waals surface area contributed by atoms with E-state index in [1.807, 2.05) is 24.3 Å². The zero-order valence-corrected chi connectivity index (χ0v) is 20.0. The fourth-order valence-electron chi connectivity index (χ4n) is 3.62. The van der Waals surface area contributed by atoms with Crippen molar-refractivity contribution in [1.29, 1.82) is 0 Å². The fourth-order valence-corrected chi connectivity index (χ4v) is 4.22. The molecule has 1 saturated heterocycles. The molecular formula is C21H29IN4O2S. The molecule has 0 amide bonds. The minimum absolute atomic E-state index is 0. The van der Waals surface area contributed by atoms with Crippen LogP contribution in [0, 0.1) is 5.92 Å². The quantitative estimate of drug-likeness (QED) is 0.343. The van der Waals surface area contributed by atoms with Gasteiger partial charge in [-0.25, -0.2) is 8.42 Å². The largest absolute Gasteiger partial charge is 0.352 e. The van der Waals surface area contributed by atoms with Crippen molar-refractivity contribution in [3.8, 4) is 0 Å². The van der Waals surface area contributed by atoms with E-state index in [9.17, 15) is 8.42 Å². The monoisotopic (exact) mass is 528 g/mol. The molecule has 0 bridgehead atoms. The number of nitrogens with one attached hydrogen (secondary N) is 2. The predicted octanol–water partition coefficient (Wildman–Crippen LogP) is 3.32. The molecule has 29 heavy (non-hydrogen) atoms. The lowest BCUT2D eigenvalue weighted by molar-refractivity contribution is 0.460. The maximum atomic E-state index is 11.6. The third-order valence-electron chi connectivity index (χ3n) is 4.91. The molecule has 1 unspecified atom stereocenters. The van der Waals surface area contributed by atoms with Crippen LogP contribution in [0.1, 0.15) is 17.5 Å². The predicted molar refractivity (Wildman–Crippen MR) is 130 cm³/mol. The summed E-state index contributed by atoms with van der Waals surface area (Å²) in [5, 5.41) is 3.38. The normalized spacial score (nSPS) is 17.0. The molecule has 2 aromatic carbocycles. The summed E-state index contributed by atoms with van der Waals surface area (Å²) in [6.45, 7) is 2.45. The Morgan fingerprint density at radius 2 is 1.83 bits per heavy atom. The van der Waals surface area contributed by atoms with Gasteiger partial charge < -0.3 is 10.2 Å². The summed E-state index contributed by atoms with van der Waals surface area (Å²) < 4.78 is 25.7. The first-order valence-corrected chi connectivity index (χ1v) is 11.4. The summed E-state index contributed by atoms with van der Waals surface area (Å²) in [6.07, 6.45) is 3.38. The number of hydrogen-bond donors (Lipinski definition) is 2. The number of anilines is 1. The van der Waals surface area contributed by atoms with Gasteiger partial charge in [0.1, 0.15) is 0 Å². The topological polar surface area (TPSA) is 73.8 Å². The molecule has 3 rings (SSSR count). The molecule has 8 heteroatoms. The Balaban J connectivity index is 0.00000300. The SMILES string of the molecule is CN=C(NCc1ccccc1NS(C)(=O)=O)N1CCC(Cc2ccccc2)C1.I. The van der Waals surface area contributed by atoms with Crippen LogP contribution in [-0.4, -0.2) is 45.7 Å². The summed E-state index contributed by atoms with van der Waals surface area (Å²) in [6, 6.07) is 18.0. The van der Waals surface area contributed by atoms with Gasteiger partial charge in [0.05, 0.1) is 11.9 Å². The van der Waals surface area contributed by atoms with Gasteiger partial charge in [-0.3, -0.25) is 9.71 Å². The van der Waals surface area contributed by atoms with Gasteiger partial charge in [0.15, 0.2) is 5.96 Å². The molecule has 158 valence electrons. The van der Waals surface area contributed by atoms with Crippen LogP contribution in [0.25, 0.3) is 0 Å². The maximum absolute atomic E-state index is 11.6. The first-order valence-electron chi connectivity index (χ1n) is 9.50. The van der Waals surface area contributed by atoms with E-state index in [1.165, 1.54) is 5.56 Å². The van der Waals surface area contributed by atoms with Crippen molar-refractivity contribution in [2.75, 3.05) is 31.1 Å². The number of sulfonamides is 1. The van der Waals surface area contributed by atoms with Gasteiger partial charge in [0, 0.05) is 26.7 Å². The van der Waals surface area contributed by atoms with Crippen molar-refractivity contribution in [1.82, 2.24) is 10.2 Å². The van der Waals surface area contributed by atoms with Gasteiger partial charge in [0.25, 0.3) is 0 Å². The average molecular weight is 528 g/mol. The number of para-hydroxylation sites is 1. The molecule has 6 nitrogen and oxygen atoms in total. The van der Waals surface area contributed by atoms with E-state index < -0.39 is 10.0 Å². The highest BCUT2D eigenvalue weighted by Crippen LogP contribution is 2.21. The minimum Gasteiger partial charge on any atom is -0.352 e. The smallest absolute Gasteiger partial charge is 0.229 e. The lowest BCUT2D eigenvalue weighted by atomic mass is 9.99. The average Bonchev–Trinajstić information content (AvgIpc) is 3.11. The number of nitrogens with zero attached hydrogens (tertiary/aromatic N) is 2. The summed E-state index contributed by atoms with van der Waals surface area (Å²) in [5.41, 5.74) is 2.85. The minimum atomic E-state index is -3.31. The van der Waals surface area contributed by atoms with Crippen LogP contribution in [0.15, 0.2) is 59.6 Å². The van der Waals surface area contributed by atoms with E-state index in [0.717, 1.165) is 43.7 Å². The number of benzene rings is 2. The van der Waals surface area contributed by atoms with Crippen LogP contribution in [-0.2, 0) is 23.0 Å². The lowest BCUT2D eigenvalue weighted by Gasteiger charge is -2.22. The summed E-state index contributed by atoms with van der Waals surface area (Å²) >= 11 is 0. The van der Waals surface area contributed by atoms with Gasteiger partial charge in [-0.1, -0.05) is 48.5 Å². The van der Waals surface area contributed by atoms with Gasteiger partial charge in [-0.2, -0.15) is 0 Å². The molecule has 0 radical (unpaired) electrons. The van der Waals surface area contributed by atoms with Crippen molar-refractivity contribution in [2.45, 2.75) is 19.4 Å². The zero-order valence-electron chi connectivity index (χ0n) is 16.8. The Morgan fingerprint density at radius 1 is 1.14 bits per heavy atom. The highest BCUT2D eigenvalue weighted by atomic mass is 127. The van der Waals surface area contributed by atoms with Crippen LogP contribution in [0.4, 0.5) is 5.69 Å². The Morgan fingerprint density at radius 3 is 2.52 bits per heavy atom. The van der Waals surface area contributed by atoms with Crippen LogP contribution in [0.5, 0.6) is 0 Å². The lowest BCUT2D eigenvalue weighted by Crippen LogP contribution is -2.39. The van der Waals surface area contributed by atoms with E-state index in [0.29, 0.717) is 18.2 Å². The number of hydrogen-bond acceptors (Lipinski definition) is 3. The summed E-state index contributed by atoms with van der Waals surface area (Å²) in [5.74, 6) is 1.46. The molecule has 1 aliphatic heterocycles. The second-order valence-corrected chi connectivity index (χ2v) is 8.97. The van der Waals surface area contributed by atoms with Gasteiger partial charge in [0.2, 0.25) is 10.0 Å². The molecule has 0 aliphatic carbocycles. The van der Waals surface area contributed by atoms with Crippen LogP contribution < -0.4 is 10.0 Å². The maximum Gasteiger partial charge on any atom is 0.229 e. The Labute approximate surface area is 190 Å². The van der Waals surface area contributed by atoms with E-state index in [1.54, 1.807) is 13.1 Å². The molecule has 1 atom stereocenters. The molecule has 1 fully saturated rings. The third-order valence-corrected chi connectivity index (χ3v) is 5.50. The van der Waals surface area contributed by atoms with Gasteiger partial charge >= 0.3 is 0 Å². The van der Waals surface area contributed by atoms with Crippen LogP contribution in [0.3, 0.4) is 0 Å². The Kier molecular flexibility index (Phi) is 8.76. The molecule has 0 aromatic heterocycles. The molecule has 0 saturated carbocycles. The summed E-state index contributed by atoms with van der Waals surface area (Å²) in [4.78, 5) is 6.70. The fraction of sp³-hybridized carbons (Fsp3) is 0.381. The van der Waals surface area contributed by atoms with Crippen molar-refractivity contribution in [3.63, 3.8) is 0 Å². The van der Waals surface area contributed by atoms with E-state index in [-0.39, 0.29) is 24.0 Å². The van der Waals surface area contributed by atoms with Gasteiger partial charge in [-0.15, -0.1) is 24.0 Å². The summed E-state index contributed by atoms with van der Waals surface area (Å²) in [7, 11) is -1.53. The van der Waals surface area contributed by atoms with Crippen molar-refractivity contribution >= 4 is 45.6 Å². The Hall–Kier alpha value is -1.81. The second-order valence-electron chi connectivity index (χ2n) is 7.22. The number of guanidine groups is 1. The van der Waals surface area contributed by atoms with Crippen LogP contribution >= 0.6 is 24.0 Å². The number of halogens is 1. The molecule has 0 spiro atoms. The standard InChI is InChI=1S/C21H28N4O2S.HI/c1-22-21(23-15-19-10-6-7-11-20(19)24-28(2,26)27)25-13-12-18(16-25)14-17-8-4-3-5-9-17;/h3-11,18,24H,12-16H2,1-2H3,(H,22,23);1H. The molecule has 1 aliphatic rings. The highest BCUT2D eigenvalue weighted by Gasteiger charge is 2.25. The first-order chi connectivity index (χ1) is 13.4. The van der Waals surface area contributed by atoms with Gasteiger partial charge in [-0.05, 0) is 36.0 Å². The Bertz CT molecular complexity index is 919. The van der Waals surface area contributed by atoms with E-state index >= 15 is 0 Å².